The summed E-state index contributed by atoms with van der Waals surface area (Å²) < 4.78 is 10.8. The lowest BCUT2D eigenvalue weighted by Gasteiger charge is -2.32. The molecule has 0 aliphatic heterocycles. The second-order valence-electron chi connectivity index (χ2n) is 4.50. The van der Waals surface area contributed by atoms with Crippen LogP contribution >= 0.6 is 0 Å². The van der Waals surface area contributed by atoms with Crippen molar-refractivity contribution in [1.82, 2.24) is 0 Å². The van der Waals surface area contributed by atoms with E-state index in [4.69, 9.17) is 14.9 Å². The average molecular weight is 209 g/mol. The third-order valence-electron chi connectivity index (χ3n) is 3.06. The number of rotatable bonds is 4. The molecule has 2 rings (SSSR count). The highest BCUT2D eigenvalue weighted by Crippen LogP contribution is 2.26. The van der Waals surface area contributed by atoms with Gasteiger partial charge in [0.2, 0.25) is 0 Å². The maximum absolute atomic E-state index is 6.24. The van der Waals surface area contributed by atoms with Crippen LogP contribution in [0, 0.1) is 0 Å². The predicted octanol–water partition coefficient (Wildman–Crippen LogP) is 2.46. The summed E-state index contributed by atoms with van der Waals surface area (Å²) in [5, 5.41) is 0. The van der Waals surface area contributed by atoms with Gasteiger partial charge in [-0.15, -0.1) is 0 Å². The zero-order valence-electron chi connectivity index (χ0n) is 9.08. The third-order valence-corrected chi connectivity index (χ3v) is 3.06. The first kappa shape index (κ1) is 10.7. The minimum atomic E-state index is -0.0924. The second-order valence-corrected chi connectivity index (χ2v) is 4.50. The van der Waals surface area contributed by atoms with E-state index in [-0.39, 0.29) is 5.54 Å². The summed E-state index contributed by atoms with van der Waals surface area (Å²) in [7, 11) is 0. The molecule has 0 unspecified atom stereocenters. The molecule has 1 aliphatic carbocycles. The molecule has 3 nitrogen and oxygen atoms in total. The van der Waals surface area contributed by atoms with E-state index in [1.807, 2.05) is 12.1 Å². The molecule has 0 atom stereocenters. The summed E-state index contributed by atoms with van der Waals surface area (Å²) in [6.07, 6.45) is 7.63. The Morgan fingerprint density at radius 2 is 2.13 bits per heavy atom. The first-order valence-electron chi connectivity index (χ1n) is 5.68. The van der Waals surface area contributed by atoms with Crippen molar-refractivity contribution < 1.29 is 9.15 Å². The van der Waals surface area contributed by atoms with Crippen LogP contribution in [0.15, 0.2) is 22.8 Å². The van der Waals surface area contributed by atoms with E-state index in [0.717, 1.165) is 18.6 Å². The molecule has 2 N–H and O–H groups in total. The van der Waals surface area contributed by atoms with Gasteiger partial charge in [-0.3, -0.25) is 0 Å². The molecule has 0 saturated heterocycles. The minimum Gasteiger partial charge on any atom is -0.467 e. The lowest BCUT2D eigenvalue weighted by Crippen LogP contribution is -2.46. The van der Waals surface area contributed by atoms with Crippen LogP contribution in [0.2, 0.25) is 0 Å². The van der Waals surface area contributed by atoms with Gasteiger partial charge in [-0.2, -0.15) is 0 Å². The number of hydrogen-bond acceptors (Lipinski definition) is 3. The molecule has 0 amide bonds. The maximum Gasteiger partial charge on any atom is 0.129 e. The Hall–Kier alpha value is -0.800. The van der Waals surface area contributed by atoms with Gasteiger partial charge >= 0.3 is 0 Å². The highest BCUT2D eigenvalue weighted by atomic mass is 16.5. The Kier molecular flexibility index (Phi) is 3.44. The van der Waals surface area contributed by atoms with Gasteiger partial charge in [0.05, 0.1) is 12.9 Å². The van der Waals surface area contributed by atoms with Crippen molar-refractivity contribution in [3.05, 3.63) is 24.2 Å². The highest BCUT2D eigenvalue weighted by Gasteiger charge is 2.27. The quantitative estimate of drug-likeness (QED) is 0.828. The van der Waals surface area contributed by atoms with Crippen LogP contribution in [0.1, 0.15) is 37.9 Å². The van der Waals surface area contributed by atoms with Crippen molar-refractivity contribution in [2.75, 3.05) is 6.61 Å². The Labute approximate surface area is 90.6 Å². The summed E-state index contributed by atoms with van der Waals surface area (Å²) >= 11 is 0. The van der Waals surface area contributed by atoms with E-state index < -0.39 is 0 Å². The minimum absolute atomic E-state index is 0.0924. The van der Waals surface area contributed by atoms with Gasteiger partial charge in [-0.1, -0.05) is 19.3 Å². The summed E-state index contributed by atoms with van der Waals surface area (Å²) in [6.45, 7) is 1.18. The standard InChI is InChI=1S/C12H19NO2/c13-12(6-2-1-3-7-12)10-14-9-11-5-4-8-15-11/h4-5,8H,1-3,6-7,9-10,13H2. The van der Waals surface area contributed by atoms with E-state index >= 15 is 0 Å². The van der Waals surface area contributed by atoms with Crippen molar-refractivity contribution in [3.8, 4) is 0 Å². The molecule has 0 spiro atoms. The highest BCUT2D eigenvalue weighted by molar-refractivity contribution is 4.96. The molecule has 15 heavy (non-hydrogen) atoms. The van der Waals surface area contributed by atoms with Crippen LogP contribution in [0.4, 0.5) is 0 Å². The molecule has 1 fully saturated rings. The molecule has 0 aromatic carbocycles. The maximum atomic E-state index is 6.24. The molecule has 3 heteroatoms. The van der Waals surface area contributed by atoms with Crippen LogP contribution in [0.5, 0.6) is 0 Å². The van der Waals surface area contributed by atoms with Crippen molar-refractivity contribution in [2.45, 2.75) is 44.2 Å². The Balaban J connectivity index is 1.72. The molecular formula is C12H19NO2. The van der Waals surface area contributed by atoms with E-state index in [0.29, 0.717) is 13.2 Å². The monoisotopic (exact) mass is 209 g/mol. The predicted molar refractivity (Wildman–Crippen MR) is 58.4 cm³/mol. The lowest BCUT2D eigenvalue weighted by molar-refractivity contribution is 0.0487. The molecule has 1 heterocycles. The van der Waals surface area contributed by atoms with Crippen molar-refractivity contribution in [1.29, 1.82) is 0 Å². The van der Waals surface area contributed by atoms with Gasteiger partial charge < -0.3 is 14.9 Å². The molecule has 0 bridgehead atoms. The van der Waals surface area contributed by atoms with Crippen LogP contribution < -0.4 is 5.73 Å². The van der Waals surface area contributed by atoms with Crippen molar-refractivity contribution in [2.24, 2.45) is 5.73 Å². The summed E-state index contributed by atoms with van der Waals surface area (Å²) in [6, 6.07) is 3.79. The topological polar surface area (TPSA) is 48.4 Å². The van der Waals surface area contributed by atoms with Gasteiger partial charge in [0, 0.05) is 5.54 Å². The lowest BCUT2D eigenvalue weighted by atomic mass is 9.83. The van der Waals surface area contributed by atoms with Crippen molar-refractivity contribution >= 4 is 0 Å². The smallest absolute Gasteiger partial charge is 0.129 e. The zero-order chi connectivity index (χ0) is 10.6. The van der Waals surface area contributed by atoms with Crippen molar-refractivity contribution in [3.63, 3.8) is 0 Å². The third kappa shape index (κ3) is 3.08. The summed E-state index contributed by atoms with van der Waals surface area (Å²) in [4.78, 5) is 0. The Morgan fingerprint density at radius 1 is 1.33 bits per heavy atom. The van der Waals surface area contributed by atoms with E-state index in [9.17, 15) is 0 Å². The number of furan rings is 1. The van der Waals surface area contributed by atoms with Crippen LogP contribution in [-0.4, -0.2) is 12.1 Å². The van der Waals surface area contributed by atoms with Crippen LogP contribution in [0.3, 0.4) is 0 Å². The Morgan fingerprint density at radius 3 is 2.80 bits per heavy atom. The second kappa shape index (κ2) is 4.81. The normalized spacial score (nSPS) is 20.3. The molecule has 1 aromatic heterocycles. The van der Waals surface area contributed by atoms with Gasteiger partial charge in [-0.05, 0) is 25.0 Å². The average Bonchev–Trinajstić information content (AvgIpc) is 2.71. The van der Waals surface area contributed by atoms with Crippen LogP contribution in [0.25, 0.3) is 0 Å². The number of nitrogens with two attached hydrogens (primary N) is 1. The fourth-order valence-electron chi connectivity index (χ4n) is 2.15. The first-order chi connectivity index (χ1) is 7.29. The van der Waals surface area contributed by atoms with E-state index in [1.54, 1.807) is 6.26 Å². The molecule has 1 aliphatic rings. The molecule has 1 aromatic rings. The number of ether oxygens (including phenoxy) is 1. The fourth-order valence-corrected chi connectivity index (χ4v) is 2.15. The fraction of sp³-hybridized carbons (Fsp3) is 0.667. The summed E-state index contributed by atoms with van der Waals surface area (Å²) in [5.74, 6) is 0.870. The largest absolute Gasteiger partial charge is 0.467 e. The van der Waals surface area contributed by atoms with Gasteiger partial charge in [0.25, 0.3) is 0 Å². The summed E-state index contributed by atoms with van der Waals surface area (Å²) in [5.41, 5.74) is 6.15. The number of hydrogen-bond donors (Lipinski definition) is 1. The Bertz CT molecular complexity index is 276. The van der Waals surface area contributed by atoms with Gasteiger partial charge in [0.1, 0.15) is 12.4 Å². The first-order valence-corrected chi connectivity index (χ1v) is 5.68. The van der Waals surface area contributed by atoms with Gasteiger partial charge in [0.15, 0.2) is 0 Å². The zero-order valence-corrected chi connectivity index (χ0v) is 9.08. The molecule has 0 radical (unpaired) electrons. The molecule has 84 valence electrons. The molecular weight excluding hydrogens is 190 g/mol. The van der Waals surface area contributed by atoms with E-state index in [2.05, 4.69) is 0 Å². The van der Waals surface area contributed by atoms with E-state index in [1.165, 1.54) is 19.3 Å². The SMILES string of the molecule is NC1(COCc2ccco2)CCCCC1. The van der Waals surface area contributed by atoms with Crippen LogP contribution in [-0.2, 0) is 11.3 Å². The van der Waals surface area contributed by atoms with Gasteiger partial charge in [-0.25, -0.2) is 0 Å². The molecule has 1 saturated carbocycles.